The molecule has 0 bridgehead atoms. The van der Waals surface area contributed by atoms with Gasteiger partial charge in [-0.3, -0.25) is 0 Å². The topological polar surface area (TPSA) is 18.5 Å². The first-order chi connectivity index (χ1) is 9.64. The highest BCUT2D eigenvalue weighted by molar-refractivity contribution is 5.39. The summed E-state index contributed by atoms with van der Waals surface area (Å²) in [6.07, 6.45) is 0. The third-order valence-electron chi connectivity index (χ3n) is 3.63. The van der Waals surface area contributed by atoms with Crippen molar-refractivity contribution in [2.75, 3.05) is 20.3 Å². The molecular weight excluding hydrogens is 272 g/mol. The first kappa shape index (κ1) is 20.2. The van der Waals surface area contributed by atoms with Crippen molar-refractivity contribution in [1.29, 1.82) is 0 Å². The highest BCUT2D eigenvalue weighted by Gasteiger charge is 2.22. The van der Waals surface area contributed by atoms with Crippen molar-refractivity contribution in [2.24, 2.45) is 0 Å². The average Bonchev–Trinajstić information content (AvgIpc) is 2.49. The van der Waals surface area contributed by atoms with Crippen molar-refractivity contribution >= 4 is 0 Å². The van der Waals surface area contributed by atoms with Crippen molar-refractivity contribution in [3.05, 3.63) is 65.7 Å². The monoisotopic (exact) mass is 302 g/mol. The molecule has 0 spiro atoms. The predicted molar refractivity (Wildman–Crippen MR) is 95.8 cm³/mol. The van der Waals surface area contributed by atoms with Crippen molar-refractivity contribution in [1.82, 2.24) is 0 Å². The Kier molecular flexibility index (Phi) is 8.51. The molecule has 0 fully saturated rings. The summed E-state index contributed by atoms with van der Waals surface area (Å²) in [5.74, 6) is 0.884. The van der Waals surface area contributed by atoms with Gasteiger partial charge in [0.25, 0.3) is 0 Å². The van der Waals surface area contributed by atoms with E-state index in [-0.39, 0.29) is 20.3 Å². The molecule has 0 atom stereocenters. The molecule has 0 saturated heterocycles. The summed E-state index contributed by atoms with van der Waals surface area (Å²) >= 11 is 0. The van der Waals surface area contributed by atoms with Crippen molar-refractivity contribution in [3.8, 4) is 5.75 Å². The highest BCUT2D eigenvalue weighted by Crippen LogP contribution is 2.32. The predicted octanol–water partition coefficient (Wildman–Crippen LogP) is 5.31. The minimum atomic E-state index is -0.00762. The van der Waals surface area contributed by atoms with Gasteiger partial charge >= 0.3 is 0 Å². The molecular formula is C20H30O2. The summed E-state index contributed by atoms with van der Waals surface area (Å²) in [7, 11) is 1.68. The summed E-state index contributed by atoms with van der Waals surface area (Å²) in [4.78, 5) is 0. The van der Waals surface area contributed by atoms with Gasteiger partial charge in [-0.2, -0.15) is 0 Å². The molecule has 0 amide bonds. The van der Waals surface area contributed by atoms with E-state index < -0.39 is 0 Å². The minimum absolute atomic E-state index is 0. The molecule has 0 aliphatic carbocycles. The molecule has 0 saturated carbocycles. The van der Waals surface area contributed by atoms with Gasteiger partial charge in [-0.1, -0.05) is 71.2 Å². The van der Waals surface area contributed by atoms with E-state index in [1.807, 2.05) is 18.2 Å². The van der Waals surface area contributed by atoms with Crippen LogP contribution in [-0.4, -0.2) is 20.3 Å². The number of hydrogen-bond acceptors (Lipinski definition) is 2. The van der Waals surface area contributed by atoms with Gasteiger partial charge in [0.1, 0.15) is 12.4 Å². The SMILES string of the molecule is C.C.COCCOc1ccc(C(C)(C)c2ccccc2)cc1. The van der Waals surface area contributed by atoms with Gasteiger partial charge in [0.05, 0.1) is 6.61 Å². The fourth-order valence-corrected chi connectivity index (χ4v) is 2.23. The molecule has 0 aliphatic heterocycles. The zero-order valence-electron chi connectivity index (χ0n) is 12.4. The van der Waals surface area contributed by atoms with E-state index in [1.54, 1.807) is 7.11 Å². The Morgan fingerprint density at radius 1 is 0.773 bits per heavy atom. The van der Waals surface area contributed by atoms with E-state index in [4.69, 9.17) is 9.47 Å². The summed E-state index contributed by atoms with van der Waals surface area (Å²) in [6.45, 7) is 5.67. The van der Waals surface area contributed by atoms with Crippen LogP contribution in [0.5, 0.6) is 5.75 Å². The molecule has 122 valence electrons. The fraction of sp³-hybridized carbons (Fsp3) is 0.400. The van der Waals surface area contributed by atoms with Crippen LogP contribution in [0, 0.1) is 0 Å². The number of hydrogen-bond donors (Lipinski definition) is 0. The standard InChI is InChI=1S/C18H22O2.2CH4/c1-18(2,15-7-5-4-6-8-15)16-9-11-17(12-10-16)20-14-13-19-3;;/h4-12H,13-14H2,1-3H3;2*1H4. The molecule has 0 aromatic heterocycles. The molecule has 22 heavy (non-hydrogen) atoms. The van der Waals surface area contributed by atoms with Gasteiger partial charge in [-0.05, 0) is 23.3 Å². The maximum absolute atomic E-state index is 5.59. The number of methoxy groups -OCH3 is 1. The lowest BCUT2D eigenvalue weighted by atomic mass is 9.78. The van der Waals surface area contributed by atoms with Gasteiger partial charge in [0.2, 0.25) is 0 Å². The van der Waals surface area contributed by atoms with Crippen LogP contribution >= 0.6 is 0 Å². The number of benzene rings is 2. The summed E-state index contributed by atoms with van der Waals surface area (Å²) in [5.41, 5.74) is 2.59. The minimum Gasteiger partial charge on any atom is -0.491 e. The molecule has 0 heterocycles. The van der Waals surface area contributed by atoms with Crippen LogP contribution in [0.1, 0.15) is 39.8 Å². The molecule has 0 aliphatic rings. The Morgan fingerprint density at radius 3 is 1.86 bits per heavy atom. The molecule has 2 heteroatoms. The number of ether oxygens (including phenoxy) is 2. The lowest BCUT2D eigenvalue weighted by molar-refractivity contribution is 0.146. The van der Waals surface area contributed by atoms with Gasteiger partial charge < -0.3 is 9.47 Å². The normalized spacial score (nSPS) is 10.3. The average molecular weight is 302 g/mol. The first-order valence-corrected chi connectivity index (χ1v) is 6.92. The maximum atomic E-state index is 5.59. The lowest BCUT2D eigenvalue weighted by Crippen LogP contribution is -2.18. The second kappa shape index (κ2) is 9.26. The molecule has 2 aromatic carbocycles. The Hall–Kier alpha value is -1.80. The Bertz CT molecular complexity index is 515. The van der Waals surface area contributed by atoms with Crippen LogP contribution in [0.2, 0.25) is 0 Å². The van der Waals surface area contributed by atoms with Crippen molar-refractivity contribution < 1.29 is 9.47 Å². The van der Waals surface area contributed by atoms with Crippen molar-refractivity contribution in [3.63, 3.8) is 0 Å². The zero-order valence-corrected chi connectivity index (χ0v) is 12.4. The Labute approximate surface area is 136 Å². The largest absolute Gasteiger partial charge is 0.491 e. The van der Waals surface area contributed by atoms with E-state index in [0.29, 0.717) is 13.2 Å². The molecule has 2 rings (SSSR count). The van der Waals surface area contributed by atoms with Crippen LogP contribution < -0.4 is 4.74 Å². The molecule has 2 aromatic rings. The van der Waals surface area contributed by atoms with Gasteiger partial charge in [-0.15, -0.1) is 0 Å². The molecule has 2 nitrogen and oxygen atoms in total. The van der Waals surface area contributed by atoms with Crippen LogP contribution in [0.15, 0.2) is 54.6 Å². The molecule has 0 radical (unpaired) electrons. The fourth-order valence-electron chi connectivity index (χ4n) is 2.23. The third-order valence-corrected chi connectivity index (χ3v) is 3.63. The van der Waals surface area contributed by atoms with E-state index in [1.165, 1.54) is 11.1 Å². The van der Waals surface area contributed by atoms with Crippen LogP contribution in [0.3, 0.4) is 0 Å². The van der Waals surface area contributed by atoms with Crippen LogP contribution in [0.4, 0.5) is 0 Å². The lowest BCUT2D eigenvalue weighted by Gasteiger charge is -2.26. The maximum Gasteiger partial charge on any atom is 0.119 e. The first-order valence-electron chi connectivity index (χ1n) is 6.92. The molecule has 0 unspecified atom stereocenters. The summed E-state index contributed by atoms with van der Waals surface area (Å²) in [5, 5.41) is 0. The second-order valence-electron chi connectivity index (χ2n) is 5.36. The van der Waals surface area contributed by atoms with E-state index in [0.717, 1.165) is 5.75 Å². The highest BCUT2D eigenvalue weighted by atomic mass is 16.5. The van der Waals surface area contributed by atoms with Gasteiger partial charge in [-0.25, -0.2) is 0 Å². The van der Waals surface area contributed by atoms with Crippen LogP contribution in [0.25, 0.3) is 0 Å². The quantitative estimate of drug-likeness (QED) is 0.673. The Balaban J connectivity index is 0.00000220. The smallest absolute Gasteiger partial charge is 0.119 e. The van der Waals surface area contributed by atoms with E-state index in [2.05, 4.69) is 50.2 Å². The van der Waals surface area contributed by atoms with Gasteiger partial charge in [0, 0.05) is 12.5 Å². The summed E-state index contributed by atoms with van der Waals surface area (Å²) < 4.78 is 10.6. The second-order valence-corrected chi connectivity index (χ2v) is 5.36. The van der Waals surface area contributed by atoms with Crippen molar-refractivity contribution in [2.45, 2.75) is 34.1 Å². The Morgan fingerprint density at radius 2 is 1.32 bits per heavy atom. The zero-order chi connectivity index (χ0) is 14.4. The van der Waals surface area contributed by atoms with Gasteiger partial charge in [0.15, 0.2) is 0 Å². The number of rotatable bonds is 6. The van der Waals surface area contributed by atoms with Crippen LogP contribution in [-0.2, 0) is 10.2 Å². The van der Waals surface area contributed by atoms with E-state index in [9.17, 15) is 0 Å². The third kappa shape index (κ3) is 4.88. The summed E-state index contributed by atoms with van der Waals surface area (Å²) in [6, 6.07) is 18.9. The molecule has 0 N–H and O–H groups in total. The van der Waals surface area contributed by atoms with E-state index >= 15 is 0 Å².